The van der Waals surface area contributed by atoms with E-state index >= 15 is 0 Å². The van der Waals surface area contributed by atoms with Crippen LogP contribution in [0.1, 0.15) is 89.9 Å². The molecule has 8 nitrogen and oxygen atoms in total. The van der Waals surface area contributed by atoms with Crippen LogP contribution in [0.3, 0.4) is 0 Å². The van der Waals surface area contributed by atoms with E-state index in [1.165, 1.54) is 38.5 Å². The van der Waals surface area contributed by atoms with Gasteiger partial charge < -0.3 is 25.6 Å². The molecule has 8 heteroatoms. The van der Waals surface area contributed by atoms with Crippen molar-refractivity contribution in [1.82, 2.24) is 10.6 Å². The summed E-state index contributed by atoms with van der Waals surface area (Å²) in [6, 6.07) is -0.952. The summed E-state index contributed by atoms with van der Waals surface area (Å²) in [5.41, 5.74) is 0. The first-order valence-electron chi connectivity index (χ1n) is 13.7. The number of amides is 2. The van der Waals surface area contributed by atoms with Crippen LogP contribution in [0.15, 0.2) is 12.2 Å². The number of hydrogen-bond acceptors (Lipinski definition) is 5. The third kappa shape index (κ3) is 8.60. The van der Waals surface area contributed by atoms with Crippen molar-refractivity contribution >= 4 is 17.8 Å². The van der Waals surface area contributed by atoms with E-state index in [1.54, 1.807) is 0 Å². The van der Waals surface area contributed by atoms with Gasteiger partial charge in [-0.25, -0.2) is 0 Å². The second-order valence-electron chi connectivity index (χ2n) is 10.5. The van der Waals surface area contributed by atoms with Gasteiger partial charge in [-0.1, -0.05) is 57.1 Å². The summed E-state index contributed by atoms with van der Waals surface area (Å²) in [7, 11) is 0. The third-order valence-electron chi connectivity index (χ3n) is 7.94. The molecule has 3 rings (SSSR count). The van der Waals surface area contributed by atoms with Crippen molar-refractivity contribution in [3.8, 4) is 0 Å². The second-order valence-corrected chi connectivity index (χ2v) is 10.5. The summed E-state index contributed by atoms with van der Waals surface area (Å²) in [6.07, 6.45) is 17.7. The highest BCUT2D eigenvalue weighted by molar-refractivity contribution is 5.89. The van der Waals surface area contributed by atoms with Gasteiger partial charge in [0.15, 0.2) is 0 Å². The Bertz CT molecular complexity index is 720. The molecular weight excluding hydrogens is 448 g/mol. The van der Waals surface area contributed by atoms with Crippen molar-refractivity contribution < 1.29 is 29.3 Å². The van der Waals surface area contributed by atoms with E-state index in [0.29, 0.717) is 25.8 Å². The number of carboxylic acid groups (broad SMARTS) is 1. The number of unbranched alkanes of at least 4 members (excludes halogenated alkanes) is 2. The Morgan fingerprint density at radius 1 is 0.971 bits per heavy atom. The third-order valence-corrected chi connectivity index (χ3v) is 7.94. The molecular formula is C27H44N2O6. The summed E-state index contributed by atoms with van der Waals surface area (Å²) in [5.74, 6) is -0.828. The highest BCUT2D eigenvalue weighted by atomic mass is 16.5. The first-order valence-corrected chi connectivity index (χ1v) is 13.7. The molecule has 3 aliphatic rings. The van der Waals surface area contributed by atoms with Crippen LogP contribution in [0.2, 0.25) is 0 Å². The molecule has 0 spiro atoms. The quantitative estimate of drug-likeness (QED) is 0.205. The number of carbonyl (C=O) groups is 3. The summed E-state index contributed by atoms with van der Waals surface area (Å²) < 4.78 is 6.01. The summed E-state index contributed by atoms with van der Waals surface area (Å²) >= 11 is 0. The molecule has 2 amide bonds. The molecule has 2 saturated heterocycles. The van der Waals surface area contributed by atoms with Crippen LogP contribution in [-0.2, 0) is 19.1 Å². The number of aliphatic hydroxyl groups excluding tert-OH is 1. The highest BCUT2D eigenvalue weighted by Crippen LogP contribution is 2.45. The molecule has 0 radical (unpaired) electrons. The van der Waals surface area contributed by atoms with Crippen LogP contribution in [0.25, 0.3) is 0 Å². The molecule has 1 aliphatic carbocycles. The molecule has 2 aliphatic heterocycles. The van der Waals surface area contributed by atoms with Gasteiger partial charge in [-0.2, -0.15) is 0 Å². The molecule has 0 aromatic rings. The Morgan fingerprint density at radius 2 is 1.74 bits per heavy atom. The topological polar surface area (TPSA) is 125 Å². The number of nitrogens with one attached hydrogen (secondary N) is 2. The van der Waals surface area contributed by atoms with Crippen molar-refractivity contribution in [1.29, 1.82) is 0 Å². The maximum atomic E-state index is 13.1. The fourth-order valence-electron chi connectivity index (χ4n) is 6.01. The van der Waals surface area contributed by atoms with Crippen LogP contribution >= 0.6 is 0 Å². The fraction of sp³-hybridized carbons (Fsp3) is 0.815. The molecule has 0 aromatic carbocycles. The molecule has 3 fully saturated rings. The van der Waals surface area contributed by atoms with Gasteiger partial charge in [-0.15, -0.1) is 0 Å². The normalized spacial score (nSPS) is 27.2. The minimum absolute atomic E-state index is 0.0324. The number of rotatable bonds is 15. The standard InChI is InChI=1S/C27H44N2O6/c30-18-21(26(33)28-17-9-8-12-19-10-4-3-5-11-19)29-27(34)25-20(22-15-16-23(25)35-22)13-6-1-2-7-14-24(31)32/h1,6,19-23,25,30H,2-5,7-18H2,(H,28,33)(H,29,34)(H,31,32)/b6-1-/t20-,21?,22-,23+,25-/m0/s1. The Labute approximate surface area is 209 Å². The van der Waals surface area contributed by atoms with Crippen LogP contribution in [0.4, 0.5) is 0 Å². The van der Waals surface area contributed by atoms with Crippen LogP contribution < -0.4 is 10.6 Å². The van der Waals surface area contributed by atoms with Crippen molar-refractivity contribution in [2.24, 2.45) is 17.8 Å². The number of aliphatic hydroxyl groups is 1. The number of ether oxygens (including phenoxy) is 1. The lowest BCUT2D eigenvalue weighted by Gasteiger charge is -2.28. The number of carbonyl (C=O) groups excluding carboxylic acids is 2. The number of allylic oxidation sites excluding steroid dienone is 2. The monoisotopic (exact) mass is 492 g/mol. The van der Waals surface area contributed by atoms with Gasteiger partial charge >= 0.3 is 5.97 Å². The summed E-state index contributed by atoms with van der Waals surface area (Å²) in [4.78, 5) is 36.3. The van der Waals surface area contributed by atoms with Gasteiger partial charge in [0.05, 0.1) is 24.7 Å². The number of carboxylic acids is 1. The largest absolute Gasteiger partial charge is 0.481 e. The molecule has 198 valence electrons. The molecule has 2 heterocycles. The first-order chi connectivity index (χ1) is 17.0. The van der Waals surface area contributed by atoms with Crippen LogP contribution in [0.5, 0.6) is 0 Å². The molecule has 5 atom stereocenters. The van der Waals surface area contributed by atoms with E-state index in [1.807, 2.05) is 12.2 Å². The van der Waals surface area contributed by atoms with E-state index in [0.717, 1.165) is 31.6 Å². The van der Waals surface area contributed by atoms with Gasteiger partial charge in [0.25, 0.3) is 0 Å². The van der Waals surface area contributed by atoms with Crippen LogP contribution in [-0.4, -0.2) is 59.4 Å². The maximum Gasteiger partial charge on any atom is 0.303 e. The SMILES string of the molecule is O=C(O)CCC/C=C\C[C@@H]1[C@H](C(=O)NC(CO)C(=O)NCCCCC2CCCCC2)[C@H]2CC[C@@H]1O2. The minimum Gasteiger partial charge on any atom is -0.481 e. The number of hydrogen-bond donors (Lipinski definition) is 4. The average molecular weight is 493 g/mol. The lowest BCUT2D eigenvalue weighted by molar-refractivity contribution is -0.137. The molecule has 35 heavy (non-hydrogen) atoms. The molecule has 1 unspecified atom stereocenters. The van der Waals surface area contributed by atoms with Crippen molar-refractivity contribution in [2.45, 2.75) is 108 Å². The van der Waals surface area contributed by atoms with Gasteiger partial charge in [0.2, 0.25) is 11.8 Å². The van der Waals surface area contributed by atoms with E-state index < -0.39 is 18.6 Å². The van der Waals surface area contributed by atoms with Gasteiger partial charge in [0, 0.05) is 18.9 Å². The fourth-order valence-corrected chi connectivity index (χ4v) is 6.01. The van der Waals surface area contributed by atoms with E-state index in [4.69, 9.17) is 9.84 Å². The van der Waals surface area contributed by atoms with Crippen LogP contribution in [0, 0.1) is 17.8 Å². The lowest BCUT2D eigenvalue weighted by Crippen LogP contribution is -2.52. The zero-order valence-electron chi connectivity index (χ0n) is 21.0. The van der Waals surface area contributed by atoms with E-state index in [2.05, 4.69) is 10.6 Å². The Hall–Kier alpha value is -1.93. The minimum atomic E-state index is -0.952. The van der Waals surface area contributed by atoms with Crippen molar-refractivity contribution in [2.75, 3.05) is 13.2 Å². The van der Waals surface area contributed by atoms with Gasteiger partial charge in [0.1, 0.15) is 6.04 Å². The number of aliphatic carboxylic acids is 1. The Morgan fingerprint density at radius 3 is 2.49 bits per heavy atom. The zero-order valence-corrected chi connectivity index (χ0v) is 21.0. The predicted molar refractivity (Wildman–Crippen MR) is 133 cm³/mol. The van der Waals surface area contributed by atoms with Crippen molar-refractivity contribution in [3.63, 3.8) is 0 Å². The molecule has 1 saturated carbocycles. The second kappa shape index (κ2) is 14.6. The smallest absolute Gasteiger partial charge is 0.303 e. The Balaban J connectivity index is 1.40. The predicted octanol–water partition coefficient (Wildman–Crippen LogP) is 3.33. The summed E-state index contributed by atoms with van der Waals surface area (Å²) in [5, 5.41) is 24.1. The zero-order chi connectivity index (χ0) is 25.0. The maximum absolute atomic E-state index is 13.1. The van der Waals surface area contributed by atoms with Crippen molar-refractivity contribution in [3.05, 3.63) is 12.2 Å². The molecule has 2 bridgehead atoms. The van der Waals surface area contributed by atoms with Gasteiger partial charge in [-0.05, 0) is 44.4 Å². The lowest BCUT2D eigenvalue weighted by atomic mass is 9.77. The first kappa shape index (κ1) is 27.7. The van der Waals surface area contributed by atoms with E-state index in [9.17, 15) is 19.5 Å². The highest BCUT2D eigenvalue weighted by Gasteiger charge is 2.51. The van der Waals surface area contributed by atoms with Gasteiger partial charge in [-0.3, -0.25) is 14.4 Å². The number of fused-ring (bicyclic) bond motifs is 2. The Kier molecular flexibility index (Phi) is 11.5. The molecule has 0 aromatic heterocycles. The average Bonchev–Trinajstić information content (AvgIpc) is 3.46. The molecule has 4 N–H and O–H groups in total. The van der Waals surface area contributed by atoms with E-state index in [-0.39, 0.29) is 42.3 Å². The summed E-state index contributed by atoms with van der Waals surface area (Å²) in [6.45, 7) is 0.125.